The van der Waals surface area contributed by atoms with Crippen molar-refractivity contribution in [3.05, 3.63) is 60.2 Å². The molecular weight excluding hydrogens is 288 g/mol. The van der Waals surface area contributed by atoms with Gasteiger partial charge in [0.25, 0.3) is 0 Å². The highest BCUT2D eigenvalue weighted by atomic mass is 15.3. The molecule has 0 unspecified atom stereocenters. The Bertz CT molecular complexity index is 751. The zero-order valence-corrected chi connectivity index (χ0v) is 13.7. The third-order valence-corrected chi connectivity index (χ3v) is 3.63. The van der Waals surface area contributed by atoms with Gasteiger partial charge in [-0.15, -0.1) is 0 Å². The van der Waals surface area contributed by atoms with E-state index in [1.165, 1.54) is 5.56 Å². The molecule has 1 aromatic carbocycles. The number of aromatic nitrogens is 5. The first kappa shape index (κ1) is 15.3. The molecule has 3 rings (SSSR count). The number of H-pyrrole nitrogens is 1. The summed E-state index contributed by atoms with van der Waals surface area (Å²) in [5, 5.41) is 7.54. The molecule has 0 saturated carbocycles. The van der Waals surface area contributed by atoms with Crippen LogP contribution in [0.4, 0.5) is 5.69 Å². The van der Waals surface area contributed by atoms with E-state index >= 15 is 0 Å². The van der Waals surface area contributed by atoms with E-state index in [0.29, 0.717) is 13.1 Å². The Balaban J connectivity index is 1.63. The Morgan fingerprint density at radius 2 is 2.13 bits per heavy atom. The number of nitrogens with one attached hydrogen (secondary N) is 2. The van der Waals surface area contributed by atoms with E-state index in [0.717, 1.165) is 17.2 Å². The van der Waals surface area contributed by atoms with Gasteiger partial charge < -0.3 is 10.3 Å². The maximum atomic E-state index is 4.44. The van der Waals surface area contributed by atoms with Gasteiger partial charge in [-0.05, 0) is 17.7 Å². The van der Waals surface area contributed by atoms with E-state index in [1.807, 2.05) is 12.3 Å². The van der Waals surface area contributed by atoms with Gasteiger partial charge in [-0.3, -0.25) is 0 Å². The van der Waals surface area contributed by atoms with Crippen molar-refractivity contribution < 1.29 is 0 Å². The number of benzene rings is 1. The predicted octanol–water partition coefficient (Wildman–Crippen LogP) is 2.96. The fourth-order valence-corrected chi connectivity index (χ4v) is 2.30. The minimum atomic E-state index is 0.0863. The van der Waals surface area contributed by atoms with Crippen molar-refractivity contribution in [1.29, 1.82) is 0 Å². The molecule has 2 N–H and O–H groups in total. The number of hydrogen-bond donors (Lipinski definition) is 2. The van der Waals surface area contributed by atoms with E-state index in [1.54, 1.807) is 17.3 Å². The summed E-state index contributed by atoms with van der Waals surface area (Å²) in [6.07, 6.45) is 5.18. The first-order valence-electron chi connectivity index (χ1n) is 7.70. The average molecular weight is 310 g/mol. The van der Waals surface area contributed by atoms with Crippen LogP contribution in [0.15, 0.2) is 43.1 Å². The topological polar surface area (TPSA) is 71.4 Å². The normalized spacial score (nSPS) is 11.6. The summed E-state index contributed by atoms with van der Waals surface area (Å²) in [4.78, 5) is 11.8. The monoisotopic (exact) mass is 310 g/mol. The van der Waals surface area contributed by atoms with E-state index < -0.39 is 0 Å². The predicted molar refractivity (Wildman–Crippen MR) is 90.2 cm³/mol. The molecule has 0 spiro atoms. The van der Waals surface area contributed by atoms with Crippen LogP contribution in [-0.2, 0) is 18.5 Å². The second kappa shape index (κ2) is 6.24. The van der Waals surface area contributed by atoms with E-state index in [4.69, 9.17) is 0 Å². The summed E-state index contributed by atoms with van der Waals surface area (Å²) in [5.74, 6) is 0.941. The van der Waals surface area contributed by atoms with Crippen LogP contribution < -0.4 is 5.32 Å². The molecule has 0 saturated heterocycles. The molecule has 0 radical (unpaired) electrons. The van der Waals surface area contributed by atoms with Crippen molar-refractivity contribution >= 4 is 5.69 Å². The quantitative estimate of drug-likeness (QED) is 0.760. The van der Waals surface area contributed by atoms with Crippen LogP contribution in [0.1, 0.15) is 37.9 Å². The first-order valence-corrected chi connectivity index (χ1v) is 7.70. The molecule has 0 aliphatic heterocycles. The Labute approximate surface area is 136 Å². The van der Waals surface area contributed by atoms with Crippen molar-refractivity contribution in [3.63, 3.8) is 0 Å². The average Bonchev–Trinajstić information content (AvgIpc) is 3.16. The van der Waals surface area contributed by atoms with Gasteiger partial charge in [-0.1, -0.05) is 32.9 Å². The molecule has 0 amide bonds. The van der Waals surface area contributed by atoms with E-state index in [9.17, 15) is 0 Å². The molecular formula is C17H22N6. The largest absolute Gasteiger partial charge is 0.378 e. The van der Waals surface area contributed by atoms with Gasteiger partial charge in [0.15, 0.2) is 0 Å². The van der Waals surface area contributed by atoms with Crippen molar-refractivity contribution in [2.24, 2.45) is 0 Å². The number of rotatable bonds is 5. The molecule has 3 aromatic rings. The van der Waals surface area contributed by atoms with Gasteiger partial charge in [-0.2, -0.15) is 5.10 Å². The third kappa shape index (κ3) is 3.97. The summed E-state index contributed by atoms with van der Waals surface area (Å²) in [7, 11) is 0. The van der Waals surface area contributed by atoms with Crippen LogP contribution in [0, 0.1) is 0 Å². The smallest absolute Gasteiger partial charge is 0.137 e. The van der Waals surface area contributed by atoms with Crippen LogP contribution >= 0.6 is 0 Å². The van der Waals surface area contributed by atoms with Crippen molar-refractivity contribution in [3.8, 4) is 0 Å². The zero-order valence-electron chi connectivity index (χ0n) is 13.7. The second-order valence-electron chi connectivity index (χ2n) is 6.64. The molecule has 2 heterocycles. The Morgan fingerprint density at radius 1 is 1.26 bits per heavy atom. The Hall–Kier alpha value is -2.63. The van der Waals surface area contributed by atoms with Crippen LogP contribution in [0.3, 0.4) is 0 Å². The van der Waals surface area contributed by atoms with Crippen LogP contribution in [0.2, 0.25) is 0 Å². The lowest BCUT2D eigenvalue weighted by Crippen LogP contribution is -2.12. The summed E-state index contributed by atoms with van der Waals surface area (Å²) in [6, 6.07) is 8.29. The molecule has 0 aliphatic carbocycles. The SMILES string of the molecule is CC(C)(C)c1cnc(CNc2cccc(Cn3cncn3)c2)[nH]1. The summed E-state index contributed by atoms with van der Waals surface area (Å²) in [5.41, 5.74) is 3.48. The fraction of sp³-hybridized carbons (Fsp3) is 0.353. The number of anilines is 1. The van der Waals surface area contributed by atoms with Crippen LogP contribution in [-0.4, -0.2) is 24.7 Å². The maximum absolute atomic E-state index is 4.44. The standard InChI is InChI=1S/C17H22N6/c1-17(2,3)15-8-20-16(22-15)9-19-14-6-4-5-13(7-14)10-23-12-18-11-21-23/h4-8,11-12,19H,9-10H2,1-3H3,(H,20,22). The molecule has 6 nitrogen and oxygen atoms in total. The number of nitrogens with zero attached hydrogens (tertiary/aromatic N) is 4. The highest BCUT2D eigenvalue weighted by Gasteiger charge is 2.16. The highest BCUT2D eigenvalue weighted by molar-refractivity contribution is 5.45. The highest BCUT2D eigenvalue weighted by Crippen LogP contribution is 2.20. The lowest BCUT2D eigenvalue weighted by atomic mass is 9.93. The van der Waals surface area contributed by atoms with Crippen molar-refractivity contribution in [1.82, 2.24) is 24.7 Å². The number of imidazole rings is 1. The van der Waals surface area contributed by atoms with E-state index in [2.05, 4.69) is 64.3 Å². The fourth-order valence-electron chi connectivity index (χ4n) is 2.30. The summed E-state index contributed by atoms with van der Waals surface area (Å²) >= 11 is 0. The lowest BCUT2D eigenvalue weighted by Gasteiger charge is -2.15. The van der Waals surface area contributed by atoms with Gasteiger partial charge in [0, 0.05) is 23.0 Å². The van der Waals surface area contributed by atoms with Gasteiger partial charge in [0.2, 0.25) is 0 Å². The molecule has 0 aliphatic rings. The first-order chi connectivity index (χ1) is 11.0. The Morgan fingerprint density at radius 3 is 2.83 bits per heavy atom. The van der Waals surface area contributed by atoms with Gasteiger partial charge in [-0.25, -0.2) is 14.6 Å². The number of aromatic amines is 1. The molecule has 2 aromatic heterocycles. The minimum absolute atomic E-state index is 0.0863. The van der Waals surface area contributed by atoms with Gasteiger partial charge in [0.1, 0.15) is 18.5 Å². The molecule has 120 valence electrons. The van der Waals surface area contributed by atoms with Crippen LogP contribution in [0.5, 0.6) is 0 Å². The number of hydrogen-bond acceptors (Lipinski definition) is 4. The van der Waals surface area contributed by atoms with E-state index in [-0.39, 0.29) is 5.41 Å². The van der Waals surface area contributed by atoms with Crippen LogP contribution in [0.25, 0.3) is 0 Å². The maximum Gasteiger partial charge on any atom is 0.137 e. The van der Waals surface area contributed by atoms with Gasteiger partial charge >= 0.3 is 0 Å². The summed E-state index contributed by atoms with van der Waals surface area (Å²) < 4.78 is 1.81. The molecule has 23 heavy (non-hydrogen) atoms. The van der Waals surface area contributed by atoms with Gasteiger partial charge in [0.05, 0.1) is 13.1 Å². The lowest BCUT2D eigenvalue weighted by molar-refractivity contribution is 0.571. The van der Waals surface area contributed by atoms with Crippen molar-refractivity contribution in [2.45, 2.75) is 39.3 Å². The molecule has 0 fully saturated rings. The summed E-state index contributed by atoms with van der Waals surface area (Å²) in [6.45, 7) is 7.90. The third-order valence-electron chi connectivity index (χ3n) is 3.63. The molecule has 6 heteroatoms. The second-order valence-corrected chi connectivity index (χ2v) is 6.64. The Kier molecular flexibility index (Phi) is 4.14. The zero-order chi connectivity index (χ0) is 16.3. The molecule has 0 atom stereocenters. The van der Waals surface area contributed by atoms with Crippen molar-refractivity contribution in [2.75, 3.05) is 5.32 Å². The minimum Gasteiger partial charge on any atom is -0.378 e. The molecule has 0 bridgehead atoms.